The summed E-state index contributed by atoms with van der Waals surface area (Å²) in [6.45, 7) is -0.146. The van der Waals surface area contributed by atoms with E-state index in [1.54, 1.807) is 0 Å². The minimum absolute atomic E-state index is 0.0165. The Balaban J connectivity index is 1.42. The van der Waals surface area contributed by atoms with Crippen molar-refractivity contribution < 1.29 is 44.3 Å². The molecule has 0 bridgehead atoms. The van der Waals surface area contributed by atoms with Crippen molar-refractivity contribution in [2.24, 2.45) is 5.92 Å². The number of amides is 1. The number of rotatable bonds is 3. The Labute approximate surface area is 194 Å². The summed E-state index contributed by atoms with van der Waals surface area (Å²) in [5.41, 5.74) is -3.18. The second-order valence-electron chi connectivity index (χ2n) is 8.61. The summed E-state index contributed by atoms with van der Waals surface area (Å²) in [6, 6.07) is 5.81. The highest BCUT2D eigenvalue weighted by molar-refractivity contribution is 5.83. The lowest BCUT2D eigenvalue weighted by Gasteiger charge is -2.37. The van der Waals surface area contributed by atoms with Crippen LogP contribution < -0.4 is 4.90 Å². The number of carbonyl (C=O) groups excluding carboxylic acids is 1. The van der Waals surface area contributed by atoms with Gasteiger partial charge < -0.3 is 9.80 Å². The van der Waals surface area contributed by atoms with Crippen molar-refractivity contribution in [3.63, 3.8) is 0 Å². The smallest absolute Gasteiger partial charge is 0.367 e. The molecule has 0 aromatic heterocycles. The molecule has 12 heteroatoms. The van der Waals surface area contributed by atoms with Gasteiger partial charge >= 0.3 is 18.5 Å². The number of anilines is 1. The van der Waals surface area contributed by atoms with Crippen LogP contribution in [0.3, 0.4) is 0 Å². The molecule has 2 aromatic carbocycles. The van der Waals surface area contributed by atoms with E-state index in [9.17, 15) is 44.3 Å². The number of nitrogens with zero attached hydrogens (tertiary/aromatic N) is 2. The monoisotopic (exact) mass is 510 g/mol. The van der Waals surface area contributed by atoms with Gasteiger partial charge in [-0.05, 0) is 48.2 Å². The van der Waals surface area contributed by atoms with Gasteiger partial charge in [-0.1, -0.05) is 12.1 Å². The van der Waals surface area contributed by atoms with E-state index in [-0.39, 0.29) is 38.0 Å². The molecule has 2 atom stereocenters. The SMILES string of the molecule is O=C([C@H]1CC1c1ccc(C(F)(F)F)cc1)N1CCN(c2cc(C(F)(F)F)ccc2C(F)(F)F)CC1. The molecule has 2 aliphatic rings. The van der Waals surface area contributed by atoms with Crippen molar-refractivity contribution in [2.75, 3.05) is 31.1 Å². The van der Waals surface area contributed by atoms with E-state index in [0.29, 0.717) is 30.2 Å². The average molecular weight is 510 g/mol. The zero-order chi connectivity index (χ0) is 25.8. The Hall–Kier alpha value is -2.92. The molecular weight excluding hydrogens is 491 g/mol. The van der Waals surface area contributed by atoms with E-state index in [1.807, 2.05) is 0 Å². The van der Waals surface area contributed by atoms with Gasteiger partial charge in [0, 0.05) is 37.8 Å². The van der Waals surface area contributed by atoms with Crippen LogP contribution in [0.1, 0.15) is 34.6 Å². The second kappa shape index (κ2) is 8.63. The molecule has 0 N–H and O–H groups in total. The number of piperazine rings is 1. The van der Waals surface area contributed by atoms with E-state index in [2.05, 4.69) is 0 Å². The third-order valence-corrected chi connectivity index (χ3v) is 6.34. The maximum atomic E-state index is 13.4. The van der Waals surface area contributed by atoms with Crippen LogP contribution in [0.25, 0.3) is 0 Å². The van der Waals surface area contributed by atoms with Crippen LogP contribution in [-0.2, 0) is 23.3 Å². The van der Waals surface area contributed by atoms with Crippen LogP contribution in [0.2, 0.25) is 0 Å². The van der Waals surface area contributed by atoms with Gasteiger partial charge in [-0.2, -0.15) is 39.5 Å². The number of carbonyl (C=O) groups is 1. The van der Waals surface area contributed by atoms with Gasteiger partial charge in [0.1, 0.15) is 0 Å². The van der Waals surface area contributed by atoms with Crippen LogP contribution in [0, 0.1) is 5.92 Å². The largest absolute Gasteiger partial charge is 0.418 e. The number of hydrogen-bond donors (Lipinski definition) is 0. The fourth-order valence-electron chi connectivity index (χ4n) is 4.37. The van der Waals surface area contributed by atoms with Gasteiger partial charge in [-0.25, -0.2) is 0 Å². The molecule has 1 amide bonds. The molecule has 2 aromatic rings. The van der Waals surface area contributed by atoms with Gasteiger partial charge in [0.05, 0.1) is 16.7 Å². The van der Waals surface area contributed by atoms with Crippen molar-refractivity contribution in [2.45, 2.75) is 30.9 Å². The first-order valence-corrected chi connectivity index (χ1v) is 10.7. The molecule has 35 heavy (non-hydrogen) atoms. The quantitative estimate of drug-likeness (QED) is 0.460. The first-order chi connectivity index (χ1) is 16.2. The number of halogens is 9. The predicted octanol–water partition coefficient (Wildman–Crippen LogP) is 6.20. The number of benzene rings is 2. The summed E-state index contributed by atoms with van der Waals surface area (Å²) < 4.78 is 118. The fraction of sp³-hybridized carbons (Fsp3) is 0.435. The Morgan fingerprint density at radius 2 is 1.26 bits per heavy atom. The Morgan fingerprint density at radius 3 is 1.77 bits per heavy atom. The summed E-state index contributed by atoms with van der Waals surface area (Å²) in [4.78, 5) is 15.4. The molecule has 2 fully saturated rings. The molecule has 1 aliphatic carbocycles. The Kier molecular flexibility index (Phi) is 6.21. The zero-order valence-electron chi connectivity index (χ0n) is 17.9. The minimum atomic E-state index is -4.85. The molecule has 1 heterocycles. The summed E-state index contributed by atoms with van der Waals surface area (Å²) >= 11 is 0. The van der Waals surface area contributed by atoms with E-state index in [1.165, 1.54) is 21.9 Å². The van der Waals surface area contributed by atoms with Gasteiger partial charge in [0.15, 0.2) is 0 Å². The highest BCUT2D eigenvalue weighted by Gasteiger charge is 2.47. The third-order valence-electron chi connectivity index (χ3n) is 6.34. The van der Waals surface area contributed by atoms with Gasteiger partial charge in [0.25, 0.3) is 0 Å². The third kappa shape index (κ3) is 5.35. The van der Waals surface area contributed by atoms with Crippen LogP contribution in [0.15, 0.2) is 42.5 Å². The maximum absolute atomic E-state index is 13.4. The summed E-state index contributed by atoms with van der Waals surface area (Å²) in [7, 11) is 0. The summed E-state index contributed by atoms with van der Waals surface area (Å²) in [6.07, 6.45) is -13.7. The van der Waals surface area contributed by atoms with E-state index >= 15 is 0 Å². The normalized spacial score (nSPS) is 21.3. The summed E-state index contributed by atoms with van der Waals surface area (Å²) in [5.74, 6) is -0.963. The van der Waals surface area contributed by atoms with Crippen LogP contribution in [0.5, 0.6) is 0 Å². The van der Waals surface area contributed by atoms with Crippen LogP contribution in [-0.4, -0.2) is 37.0 Å². The van der Waals surface area contributed by atoms with Gasteiger partial charge in [-0.3, -0.25) is 4.79 Å². The van der Waals surface area contributed by atoms with Crippen molar-refractivity contribution in [3.8, 4) is 0 Å². The molecule has 4 rings (SSSR count). The van der Waals surface area contributed by atoms with Crippen LogP contribution in [0.4, 0.5) is 45.2 Å². The Morgan fingerprint density at radius 1 is 0.714 bits per heavy atom. The molecule has 0 radical (unpaired) electrons. The highest BCUT2D eigenvalue weighted by atomic mass is 19.4. The number of hydrogen-bond acceptors (Lipinski definition) is 2. The topological polar surface area (TPSA) is 23.6 Å². The standard InChI is InChI=1S/C23H19F9N2O/c24-21(25,26)14-3-1-13(2-4-14)16-12-17(16)20(35)34-9-7-33(8-10-34)19-11-15(22(27,28)29)5-6-18(19)23(30,31)32/h1-6,11,16-17H,7-10,12H2/t16?,17-/m0/s1. The number of alkyl halides is 9. The molecule has 0 spiro atoms. The maximum Gasteiger partial charge on any atom is 0.418 e. The first-order valence-electron chi connectivity index (χ1n) is 10.7. The van der Waals surface area contributed by atoms with Crippen molar-refractivity contribution in [3.05, 3.63) is 64.7 Å². The van der Waals surface area contributed by atoms with Crippen molar-refractivity contribution in [1.29, 1.82) is 0 Å². The molecule has 1 saturated carbocycles. The molecule has 1 saturated heterocycles. The first kappa shape index (κ1) is 25.2. The lowest BCUT2D eigenvalue weighted by molar-refractivity contribution is -0.141. The molecular formula is C23H19F9N2O. The van der Waals surface area contributed by atoms with Gasteiger partial charge in [0.2, 0.25) is 5.91 Å². The lowest BCUT2D eigenvalue weighted by atomic mass is 10.1. The zero-order valence-corrected chi connectivity index (χ0v) is 17.9. The highest BCUT2D eigenvalue weighted by Crippen LogP contribution is 2.49. The van der Waals surface area contributed by atoms with E-state index in [4.69, 9.17) is 0 Å². The van der Waals surface area contributed by atoms with E-state index in [0.717, 1.165) is 12.1 Å². The lowest BCUT2D eigenvalue weighted by Crippen LogP contribution is -2.49. The second-order valence-corrected chi connectivity index (χ2v) is 8.61. The fourth-order valence-corrected chi connectivity index (χ4v) is 4.37. The molecule has 3 nitrogen and oxygen atoms in total. The molecule has 1 aliphatic heterocycles. The summed E-state index contributed by atoms with van der Waals surface area (Å²) in [5, 5.41) is 0. The van der Waals surface area contributed by atoms with Crippen LogP contribution >= 0.6 is 0 Å². The Bertz CT molecular complexity index is 1080. The predicted molar refractivity (Wildman–Crippen MR) is 108 cm³/mol. The van der Waals surface area contributed by atoms with Crippen molar-refractivity contribution in [1.82, 2.24) is 4.90 Å². The molecule has 190 valence electrons. The van der Waals surface area contributed by atoms with E-state index < -0.39 is 46.8 Å². The van der Waals surface area contributed by atoms with Crippen molar-refractivity contribution >= 4 is 11.6 Å². The molecule has 1 unspecified atom stereocenters. The minimum Gasteiger partial charge on any atom is -0.367 e. The average Bonchev–Trinajstić information content (AvgIpc) is 3.57. The van der Waals surface area contributed by atoms with Gasteiger partial charge in [-0.15, -0.1) is 0 Å².